The molecular weight excluding hydrogens is 817 g/mol. The molecule has 0 bridgehead atoms. The van der Waals surface area contributed by atoms with Crippen LogP contribution in [0.15, 0.2) is 97.2 Å². The molecule has 0 aliphatic heterocycles. The Morgan fingerprint density at radius 1 is 0.303 bits per heavy atom. The first-order valence-electron chi connectivity index (χ1n) is 27.2. The van der Waals surface area contributed by atoms with Gasteiger partial charge in [-0.05, 0) is 96.3 Å². The van der Waals surface area contributed by atoms with E-state index < -0.39 is 6.10 Å². The highest BCUT2D eigenvalue weighted by atomic mass is 16.6. The van der Waals surface area contributed by atoms with Crippen molar-refractivity contribution in [1.82, 2.24) is 0 Å². The number of rotatable bonds is 48. The summed E-state index contributed by atoms with van der Waals surface area (Å²) in [5, 5.41) is 0. The number of carbonyl (C=O) groups is 3. The van der Waals surface area contributed by atoms with Gasteiger partial charge in [0.1, 0.15) is 13.2 Å². The molecule has 0 N–H and O–H groups in total. The minimum Gasteiger partial charge on any atom is -0.462 e. The Kier molecular flexibility index (Phi) is 50.9. The average molecular weight is 917 g/mol. The highest BCUT2D eigenvalue weighted by Crippen LogP contribution is 2.14. The lowest BCUT2D eigenvalue weighted by Gasteiger charge is -2.18. The molecule has 0 radical (unpaired) electrons. The maximum atomic E-state index is 12.8. The molecule has 0 saturated carbocycles. The van der Waals surface area contributed by atoms with E-state index in [1.807, 2.05) is 6.08 Å². The van der Waals surface area contributed by atoms with Crippen LogP contribution in [0, 0.1) is 0 Å². The second kappa shape index (κ2) is 53.9. The molecule has 0 aliphatic carbocycles. The Bertz CT molecular complexity index is 1330. The van der Waals surface area contributed by atoms with Gasteiger partial charge in [0.05, 0.1) is 0 Å². The van der Waals surface area contributed by atoms with Gasteiger partial charge in [-0.15, -0.1) is 0 Å². The number of esters is 3. The number of allylic oxidation sites excluding steroid dienone is 16. The first-order valence-corrected chi connectivity index (χ1v) is 27.2. The molecule has 0 aliphatic rings. The normalized spacial score (nSPS) is 12.8. The zero-order valence-electron chi connectivity index (χ0n) is 42.9. The van der Waals surface area contributed by atoms with E-state index in [-0.39, 0.29) is 37.5 Å². The van der Waals surface area contributed by atoms with Crippen molar-refractivity contribution in [3.63, 3.8) is 0 Å². The lowest BCUT2D eigenvalue weighted by atomic mass is 10.0. The molecule has 376 valence electrons. The van der Waals surface area contributed by atoms with Crippen LogP contribution in [0.2, 0.25) is 0 Å². The van der Waals surface area contributed by atoms with Gasteiger partial charge < -0.3 is 14.2 Å². The molecule has 0 aromatic carbocycles. The van der Waals surface area contributed by atoms with Crippen molar-refractivity contribution in [3.05, 3.63) is 97.2 Å². The van der Waals surface area contributed by atoms with Crippen molar-refractivity contribution >= 4 is 17.9 Å². The second-order valence-electron chi connectivity index (χ2n) is 17.8. The molecule has 0 heterocycles. The predicted molar refractivity (Wildman–Crippen MR) is 284 cm³/mol. The molecule has 66 heavy (non-hydrogen) atoms. The van der Waals surface area contributed by atoms with Crippen LogP contribution in [0.4, 0.5) is 0 Å². The average Bonchev–Trinajstić information content (AvgIpc) is 3.31. The maximum absolute atomic E-state index is 12.8. The second-order valence-corrected chi connectivity index (χ2v) is 17.8. The Morgan fingerprint density at radius 2 is 0.576 bits per heavy atom. The van der Waals surface area contributed by atoms with Crippen LogP contribution in [-0.4, -0.2) is 37.2 Å². The fourth-order valence-electron chi connectivity index (χ4n) is 7.20. The molecule has 0 fully saturated rings. The molecular formula is C60H100O6. The smallest absolute Gasteiger partial charge is 0.306 e. The summed E-state index contributed by atoms with van der Waals surface area (Å²) in [6.45, 7) is 6.49. The van der Waals surface area contributed by atoms with Crippen molar-refractivity contribution in [1.29, 1.82) is 0 Å². The Balaban J connectivity index is 4.51. The van der Waals surface area contributed by atoms with Gasteiger partial charge in [0.15, 0.2) is 6.10 Å². The van der Waals surface area contributed by atoms with E-state index in [1.54, 1.807) is 0 Å². The molecule has 0 aromatic heterocycles. The molecule has 0 spiro atoms. The monoisotopic (exact) mass is 917 g/mol. The van der Waals surface area contributed by atoms with Crippen molar-refractivity contribution < 1.29 is 28.6 Å². The zero-order valence-corrected chi connectivity index (χ0v) is 42.9. The van der Waals surface area contributed by atoms with Gasteiger partial charge >= 0.3 is 17.9 Å². The molecule has 0 aromatic rings. The van der Waals surface area contributed by atoms with Gasteiger partial charge in [-0.3, -0.25) is 14.4 Å². The van der Waals surface area contributed by atoms with E-state index in [9.17, 15) is 14.4 Å². The van der Waals surface area contributed by atoms with Crippen LogP contribution >= 0.6 is 0 Å². The summed E-state index contributed by atoms with van der Waals surface area (Å²) in [5.74, 6) is -1.02. The third-order valence-electron chi connectivity index (χ3n) is 11.3. The molecule has 6 nitrogen and oxygen atoms in total. The Hall–Kier alpha value is -3.67. The van der Waals surface area contributed by atoms with Crippen molar-refractivity contribution in [2.24, 2.45) is 0 Å². The third kappa shape index (κ3) is 51.3. The summed E-state index contributed by atoms with van der Waals surface area (Å²) in [7, 11) is 0. The highest BCUT2D eigenvalue weighted by Gasteiger charge is 2.19. The third-order valence-corrected chi connectivity index (χ3v) is 11.3. The van der Waals surface area contributed by atoms with E-state index >= 15 is 0 Å². The number of unbranched alkanes of at least 4 members (excludes halogenated alkanes) is 21. The summed E-state index contributed by atoms with van der Waals surface area (Å²) >= 11 is 0. The van der Waals surface area contributed by atoms with E-state index in [1.165, 1.54) is 109 Å². The molecule has 6 heteroatoms. The zero-order chi connectivity index (χ0) is 47.9. The van der Waals surface area contributed by atoms with Gasteiger partial charge in [0.2, 0.25) is 0 Å². The summed E-state index contributed by atoms with van der Waals surface area (Å²) < 4.78 is 16.7. The topological polar surface area (TPSA) is 78.9 Å². The van der Waals surface area contributed by atoms with E-state index in [0.29, 0.717) is 19.3 Å². The van der Waals surface area contributed by atoms with Crippen LogP contribution in [0.5, 0.6) is 0 Å². The summed E-state index contributed by atoms with van der Waals surface area (Å²) in [6.07, 6.45) is 71.1. The highest BCUT2D eigenvalue weighted by molar-refractivity contribution is 5.71. The number of ether oxygens (including phenoxy) is 3. The molecule has 0 unspecified atom stereocenters. The summed E-state index contributed by atoms with van der Waals surface area (Å²) in [6, 6.07) is 0. The van der Waals surface area contributed by atoms with E-state index in [4.69, 9.17) is 14.2 Å². The van der Waals surface area contributed by atoms with Gasteiger partial charge in [0, 0.05) is 19.3 Å². The molecule has 0 saturated heterocycles. The van der Waals surface area contributed by atoms with Crippen LogP contribution < -0.4 is 0 Å². The fraction of sp³-hybridized carbons (Fsp3) is 0.683. The lowest BCUT2D eigenvalue weighted by molar-refractivity contribution is -0.166. The minimum atomic E-state index is -0.815. The molecule has 0 amide bonds. The lowest BCUT2D eigenvalue weighted by Crippen LogP contribution is -2.30. The quantitative estimate of drug-likeness (QED) is 0.0262. The first kappa shape index (κ1) is 62.3. The summed E-state index contributed by atoms with van der Waals surface area (Å²) in [5.41, 5.74) is 0. The van der Waals surface area contributed by atoms with Crippen molar-refractivity contribution in [2.75, 3.05) is 13.2 Å². The van der Waals surface area contributed by atoms with E-state index in [0.717, 1.165) is 89.9 Å². The SMILES string of the molecule is CCCCC/C=C\C/C=C\C/C=C\C/C=C\C/C=C\CCC(=O)OC[C@H](COC(=O)CCCCCC/C=C\C/C=C\C/C=C\CCCCC)OC(=O)CCCCCCCCCCCCCC. The van der Waals surface area contributed by atoms with E-state index in [2.05, 4.69) is 112 Å². The van der Waals surface area contributed by atoms with Crippen LogP contribution in [-0.2, 0) is 28.6 Å². The standard InChI is InChI=1S/C60H100O6/c1-4-7-10-13-16-19-22-25-27-29-30-32-34-36-39-41-44-47-50-53-59(62)65-56-57(66-60(63)54-51-48-45-42-37-24-21-18-15-12-9-6-3)55-64-58(61)52-49-46-43-40-38-35-33-31-28-26-23-20-17-14-11-8-5-2/h16-17,19-20,25-28,30,32-33,35-36,39,44,47,57H,4-15,18,21-24,29,31,34,37-38,40-43,45-46,48-56H2,1-3H3/b19-16-,20-17-,27-25-,28-26-,32-30-,35-33-,39-36-,47-44-/t57-/m0/s1. The predicted octanol–water partition coefficient (Wildman–Crippen LogP) is 18.1. The fourth-order valence-corrected chi connectivity index (χ4v) is 7.20. The van der Waals surface area contributed by atoms with Crippen LogP contribution in [0.3, 0.4) is 0 Å². The van der Waals surface area contributed by atoms with Crippen LogP contribution in [0.1, 0.15) is 245 Å². The van der Waals surface area contributed by atoms with Gasteiger partial charge in [0.25, 0.3) is 0 Å². The van der Waals surface area contributed by atoms with Crippen LogP contribution in [0.25, 0.3) is 0 Å². The van der Waals surface area contributed by atoms with Gasteiger partial charge in [-0.25, -0.2) is 0 Å². The largest absolute Gasteiger partial charge is 0.462 e. The van der Waals surface area contributed by atoms with Gasteiger partial charge in [-0.1, -0.05) is 227 Å². The molecule has 0 rings (SSSR count). The molecule has 1 atom stereocenters. The number of carbonyl (C=O) groups excluding carboxylic acids is 3. The Labute approximate surface area is 407 Å². The summed E-state index contributed by atoms with van der Waals surface area (Å²) in [4.78, 5) is 38.0. The first-order chi connectivity index (χ1) is 32.5. The Morgan fingerprint density at radius 3 is 0.970 bits per heavy atom. The van der Waals surface area contributed by atoms with Crippen molar-refractivity contribution in [2.45, 2.75) is 252 Å². The maximum Gasteiger partial charge on any atom is 0.306 e. The van der Waals surface area contributed by atoms with Crippen molar-refractivity contribution in [3.8, 4) is 0 Å². The number of hydrogen-bond donors (Lipinski definition) is 0. The van der Waals surface area contributed by atoms with Gasteiger partial charge in [-0.2, -0.15) is 0 Å². The minimum absolute atomic E-state index is 0.111. The number of hydrogen-bond acceptors (Lipinski definition) is 6.